The lowest BCUT2D eigenvalue weighted by Crippen LogP contribution is -2.53. The first kappa shape index (κ1) is 12.4. The van der Waals surface area contributed by atoms with Crippen LogP contribution in [0.25, 0.3) is 0 Å². The van der Waals surface area contributed by atoms with Crippen molar-refractivity contribution in [1.29, 1.82) is 0 Å². The van der Waals surface area contributed by atoms with Crippen LogP contribution in [0.4, 0.5) is 8.78 Å². The molecule has 0 saturated heterocycles. The van der Waals surface area contributed by atoms with Gasteiger partial charge in [0.15, 0.2) is 11.6 Å². The highest BCUT2D eigenvalue weighted by Crippen LogP contribution is 2.16. The fourth-order valence-electron chi connectivity index (χ4n) is 0.871. The number of carbonyl (C=O) groups is 1. The lowest BCUT2D eigenvalue weighted by Gasteiger charge is -2.20. The van der Waals surface area contributed by atoms with Crippen LogP contribution in [0.5, 0.6) is 5.75 Å². The van der Waals surface area contributed by atoms with E-state index in [1.807, 2.05) is 0 Å². The number of rotatable bonds is 4. The molecule has 0 radical (unpaired) electrons. The van der Waals surface area contributed by atoms with Crippen LogP contribution in [0.3, 0.4) is 0 Å². The summed E-state index contributed by atoms with van der Waals surface area (Å²) in [4.78, 5) is 10.8. The molecular weight excluding hydrogens is 218 g/mol. The van der Waals surface area contributed by atoms with Gasteiger partial charge in [-0.3, -0.25) is 4.79 Å². The van der Waals surface area contributed by atoms with Gasteiger partial charge in [-0.25, -0.2) is 8.78 Å². The Kier molecular flexibility index (Phi) is 3.44. The first-order valence-corrected chi connectivity index (χ1v) is 4.49. The molecule has 1 unspecified atom stereocenters. The minimum absolute atomic E-state index is 0.0804. The van der Waals surface area contributed by atoms with Crippen molar-refractivity contribution in [1.82, 2.24) is 0 Å². The van der Waals surface area contributed by atoms with Crippen molar-refractivity contribution in [2.24, 2.45) is 11.5 Å². The number of halogens is 2. The molecule has 6 heteroatoms. The minimum atomic E-state index is -1.36. The summed E-state index contributed by atoms with van der Waals surface area (Å²) in [6.07, 6.45) is 0. The lowest BCUT2D eigenvalue weighted by atomic mass is 10.1. The Bertz CT molecular complexity index is 408. The van der Waals surface area contributed by atoms with E-state index in [4.69, 9.17) is 16.2 Å². The number of benzene rings is 1. The van der Waals surface area contributed by atoms with E-state index in [1.165, 1.54) is 13.0 Å². The molecule has 1 aromatic rings. The Balaban J connectivity index is 2.68. The molecule has 0 aromatic heterocycles. The molecule has 0 aliphatic rings. The third-order valence-electron chi connectivity index (χ3n) is 1.99. The average molecular weight is 230 g/mol. The van der Waals surface area contributed by atoms with Gasteiger partial charge < -0.3 is 16.2 Å². The summed E-state index contributed by atoms with van der Waals surface area (Å²) in [6.45, 7) is 1.17. The van der Waals surface area contributed by atoms with Crippen LogP contribution < -0.4 is 16.2 Å². The highest BCUT2D eigenvalue weighted by atomic mass is 19.2. The maximum atomic E-state index is 12.8. The summed E-state index contributed by atoms with van der Waals surface area (Å²) in [5, 5.41) is 0. The van der Waals surface area contributed by atoms with E-state index in [2.05, 4.69) is 0 Å². The SMILES string of the molecule is CC(N)(COc1ccc(F)c(F)c1)C(N)=O. The molecular formula is C10H12F2N2O2. The highest BCUT2D eigenvalue weighted by Gasteiger charge is 2.26. The zero-order valence-electron chi connectivity index (χ0n) is 8.67. The van der Waals surface area contributed by atoms with Crippen molar-refractivity contribution in [2.75, 3.05) is 6.61 Å². The molecule has 0 aliphatic carbocycles. The molecule has 1 amide bonds. The average Bonchev–Trinajstić information content (AvgIpc) is 2.20. The maximum absolute atomic E-state index is 12.8. The Morgan fingerprint density at radius 3 is 2.56 bits per heavy atom. The number of nitrogens with two attached hydrogens (primary N) is 2. The summed E-state index contributed by atoms with van der Waals surface area (Å²) in [5.74, 6) is -2.67. The van der Waals surface area contributed by atoms with Crippen molar-refractivity contribution in [2.45, 2.75) is 12.5 Å². The highest BCUT2D eigenvalue weighted by molar-refractivity contribution is 5.84. The largest absolute Gasteiger partial charge is 0.491 e. The second kappa shape index (κ2) is 4.44. The number of primary amides is 1. The van der Waals surface area contributed by atoms with Gasteiger partial charge in [-0.1, -0.05) is 0 Å². The zero-order valence-corrected chi connectivity index (χ0v) is 8.67. The standard InChI is InChI=1S/C10H12F2N2O2/c1-10(14,9(13)15)5-16-6-2-3-7(11)8(12)4-6/h2-4H,5,14H2,1H3,(H2,13,15). The number of hydrogen-bond donors (Lipinski definition) is 2. The molecule has 1 atom stereocenters. The predicted octanol–water partition coefficient (Wildman–Crippen LogP) is 0.546. The molecule has 1 rings (SSSR count). The van der Waals surface area contributed by atoms with Gasteiger partial charge in [0.05, 0.1) is 0 Å². The van der Waals surface area contributed by atoms with Crippen molar-refractivity contribution in [3.63, 3.8) is 0 Å². The van der Waals surface area contributed by atoms with Gasteiger partial charge in [-0.2, -0.15) is 0 Å². The van der Waals surface area contributed by atoms with Gasteiger partial charge in [0.2, 0.25) is 5.91 Å². The molecule has 0 aliphatic heterocycles. The summed E-state index contributed by atoms with van der Waals surface area (Å²) < 4.78 is 30.4. The second-order valence-electron chi connectivity index (χ2n) is 3.65. The molecule has 4 N–H and O–H groups in total. The van der Waals surface area contributed by atoms with E-state index in [-0.39, 0.29) is 12.4 Å². The molecule has 0 bridgehead atoms. The molecule has 4 nitrogen and oxygen atoms in total. The summed E-state index contributed by atoms with van der Waals surface area (Å²) in [7, 11) is 0. The topological polar surface area (TPSA) is 78.3 Å². The van der Waals surface area contributed by atoms with E-state index in [1.54, 1.807) is 0 Å². The van der Waals surface area contributed by atoms with Gasteiger partial charge in [0, 0.05) is 6.07 Å². The van der Waals surface area contributed by atoms with E-state index in [0.717, 1.165) is 12.1 Å². The Morgan fingerprint density at radius 2 is 2.06 bits per heavy atom. The predicted molar refractivity (Wildman–Crippen MR) is 53.6 cm³/mol. The first-order chi connectivity index (χ1) is 7.33. The smallest absolute Gasteiger partial charge is 0.240 e. The van der Waals surface area contributed by atoms with Crippen LogP contribution in [0.1, 0.15) is 6.92 Å². The third-order valence-corrected chi connectivity index (χ3v) is 1.99. The monoisotopic (exact) mass is 230 g/mol. The fourth-order valence-corrected chi connectivity index (χ4v) is 0.871. The first-order valence-electron chi connectivity index (χ1n) is 4.49. The van der Waals surface area contributed by atoms with Crippen LogP contribution in [0.15, 0.2) is 18.2 Å². The van der Waals surface area contributed by atoms with E-state index in [9.17, 15) is 13.6 Å². The van der Waals surface area contributed by atoms with Gasteiger partial charge in [0.1, 0.15) is 17.9 Å². The van der Waals surface area contributed by atoms with E-state index >= 15 is 0 Å². The molecule has 1 aromatic carbocycles. The van der Waals surface area contributed by atoms with Crippen LogP contribution in [0.2, 0.25) is 0 Å². The summed E-state index contributed by atoms with van der Waals surface area (Å²) >= 11 is 0. The van der Waals surface area contributed by atoms with Gasteiger partial charge >= 0.3 is 0 Å². The van der Waals surface area contributed by atoms with Crippen molar-refractivity contribution < 1.29 is 18.3 Å². The Morgan fingerprint density at radius 1 is 1.44 bits per heavy atom. The fraction of sp³-hybridized carbons (Fsp3) is 0.300. The van der Waals surface area contributed by atoms with Gasteiger partial charge in [0.25, 0.3) is 0 Å². The number of amides is 1. The zero-order chi connectivity index (χ0) is 12.3. The molecule has 0 fully saturated rings. The Hall–Kier alpha value is -1.69. The van der Waals surface area contributed by atoms with Gasteiger partial charge in [-0.05, 0) is 19.1 Å². The number of ether oxygens (including phenoxy) is 1. The number of hydrogen-bond acceptors (Lipinski definition) is 3. The second-order valence-corrected chi connectivity index (χ2v) is 3.65. The minimum Gasteiger partial charge on any atom is -0.491 e. The van der Waals surface area contributed by atoms with Crippen LogP contribution in [0, 0.1) is 11.6 Å². The van der Waals surface area contributed by atoms with Gasteiger partial charge in [-0.15, -0.1) is 0 Å². The third kappa shape index (κ3) is 2.90. The number of carbonyl (C=O) groups excluding carboxylic acids is 1. The molecule has 88 valence electrons. The quantitative estimate of drug-likeness (QED) is 0.792. The summed E-state index contributed by atoms with van der Waals surface area (Å²) in [6, 6.07) is 3.02. The van der Waals surface area contributed by atoms with Crippen molar-refractivity contribution >= 4 is 5.91 Å². The van der Waals surface area contributed by atoms with Crippen molar-refractivity contribution in [3.05, 3.63) is 29.8 Å². The normalized spacial score (nSPS) is 14.2. The Labute approximate surface area is 91.2 Å². The molecule has 16 heavy (non-hydrogen) atoms. The van der Waals surface area contributed by atoms with Crippen LogP contribution >= 0.6 is 0 Å². The van der Waals surface area contributed by atoms with E-state index in [0.29, 0.717) is 0 Å². The van der Waals surface area contributed by atoms with Crippen molar-refractivity contribution in [3.8, 4) is 5.75 Å². The molecule has 0 saturated carbocycles. The summed E-state index contributed by atoms with van der Waals surface area (Å²) in [5.41, 5.74) is 9.16. The van der Waals surface area contributed by atoms with E-state index < -0.39 is 23.1 Å². The molecule has 0 spiro atoms. The molecule has 0 heterocycles. The lowest BCUT2D eigenvalue weighted by molar-refractivity contribution is -0.123. The van der Waals surface area contributed by atoms with Crippen LogP contribution in [-0.2, 0) is 4.79 Å². The maximum Gasteiger partial charge on any atom is 0.240 e. The van der Waals surface area contributed by atoms with Crippen LogP contribution in [-0.4, -0.2) is 18.1 Å².